The number of nitrogens with two attached hydrogens (primary N) is 1. The predicted molar refractivity (Wildman–Crippen MR) is 112 cm³/mol. The second-order valence-electron chi connectivity index (χ2n) is 10.9. The molecule has 4 rings (SSSR count). The monoisotopic (exact) mass is 357 g/mol. The molecule has 2 N–H and O–H groups in total. The van der Waals surface area contributed by atoms with Gasteiger partial charge in [-0.3, -0.25) is 0 Å². The van der Waals surface area contributed by atoms with E-state index in [2.05, 4.69) is 26.8 Å². The van der Waals surface area contributed by atoms with E-state index in [4.69, 9.17) is 5.73 Å². The maximum absolute atomic E-state index is 6.35. The lowest BCUT2D eigenvalue weighted by Crippen LogP contribution is -2.54. The summed E-state index contributed by atoms with van der Waals surface area (Å²) in [7, 11) is 0. The van der Waals surface area contributed by atoms with Crippen molar-refractivity contribution in [1.29, 1.82) is 0 Å². The lowest BCUT2D eigenvalue weighted by molar-refractivity contribution is -0.0999. The molecule has 4 fully saturated rings. The molecule has 4 unspecified atom stereocenters. The maximum atomic E-state index is 6.35. The summed E-state index contributed by atoms with van der Waals surface area (Å²) in [6, 6.07) is 0.489. The van der Waals surface area contributed by atoms with Crippen LogP contribution < -0.4 is 5.73 Å². The molecule has 4 saturated carbocycles. The molecule has 26 heavy (non-hydrogen) atoms. The summed E-state index contributed by atoms with van der Waals surface area (Å²) in [5.41, 5.74) is 9.36. The van der Waals surface area contributed by atoms with E-state index in [1.807, 2.05) is 5.57 Å². The highest BCUT2D eigenvalue weighted by molar-refractivity contribution is 5.24. The largest absolute Gasteiger partial charge is 0.328 e. The van der Waals surface area contributed by atoms with Gasteiger partial charge in [-0.15, -0.1) is 0 Å². The van der Waals surface area contributed by atoms with Crippen LogP contribution >= 0.6 is 0 Å². The first-order valence-corrected chi connectivity index (χ1v) is 11.9. The molecule has 0 radical (unpaired) electrons. The molecular formula is C25H43N. The quantitative estimate of drug-likeness (QED) is 0.431. The van der Waals surface area contributed by atoms with Crippen LogP contribution in [-0.2, 0) is 0 Å². The van der Waals surface area contributed by atoms with Crippen LogP contribution in [-0.4, -0.2) is 6.04 Å². The third-order valence-electron chi connectivity index (χ3n) is 9.75. The Labute approximate surface area is 162 Å². The molecule has 0 heterocycles. The smallest absolute Gasteiger partial charge is 0.00418 e. The molecular weight excluding hydrogens is 314 g/mol. The number of allylic oxidation sites excluding steroid dienone is 2. The van der Waals surface area contributed by atoms with Crippen LogP contribution in [0, 0.1) is 34.5 Å². The first-order valence-electron chi connectivity index (χ1n) is 11.9. The zero-order chi connectivity index (χ0) is 18.4. The first-order chi connectivity index (χ1) is 12.5. The molecule has 1 nitrogen and oxygen atoms in total. The summed E-state index contributed by atoms with van der Waals surface area (Å²) < 4.78 is 0. The molecule has 148 valence electrons. The molecule has 0 amide bonds. The molecule has 0 saturated heterocycles. The van der Waals surface area contributed by atoms with E-state index >= 15 is 0 Å². The van der Waals surface area contributed by atoms with Gasteiger partial charge in [0.2, 0.25) is 0 Å². The Morgan fingerprint density at radius 1 is 1.00 bits per heavy atom. The van der Waals surface area contributed by atoms with E-state index in [-0.39, 0.29) is 0 Å². The van der Waals surface area contributed by atoms with Crippen molar-refractivity contribution in [3.63, 3.8) is 0 Å². The number of rotatable bonds is 4. The molecule has 0 aromatic heterocycles. The Morgan fingerprint density at radius 3 is 2.65 bits per heavy atom. The molecule has 0 aromatic carbocycles. The Balaban J connectivity index is 1.51. The van der Waals surface area contributed by atoms with Gasteiger partial charge in [-0.2, -0.15) is 0 Å². The van der Waals surface area contributed by atoms with Crippen LogP contribution in [0.2, 0.25) is 0 Å². The average molecular weight is 358 g/mol. The van der Waals surface area contributed by atoms with E-state index < -0.39 is 0 Å². The standard InChI is InChI=1S/C25H43N/c1-4-5-6-7-8-18-10-12-22-21-11-9-19-17-20(26)13-15-25(19,3)23(21)14-16-24(18,22)2/h8,19-23H,4-7,9-17,26H2,1-3H3/b18-8-/t19?,20-,21?,22?,23?,24+,25-/m0/s1. The van der Waals surface area contributed by atoms with E-state index in [0.717, 1.165) is 23.7 Å². The number of hydrogen-bond acceptors (Lipinski definition) is 1. The SMILES string of the molecule is CCCCC/C=C1/CCC2C3CCC4C[C@@H](N)CC[C@]4(C)C3CC[C@]12C. The minimum absolute atomic E-state index is 0.489. The van der Waals surface area contributed by atoms with Gasteiger partial charge >= 0.3 is 0 Å². The van der Waals surface area contributed by atoms with Gasteiger partial charge in [-0.05, 0) is 105 Å². The summed E-state index contributed by atoms with van der Waals surface area (Å²) in [4.78, 5) is 0. The lowest BCUT2D eigenvalue weighted by Gasteiger charge is -2.60. The molecule has 0 spiro atoms. The highest BCUT2D eigenvalue weighted by Gasteiger charge is 2.58. The van der Waals surface area contributed by atoms with Crippen LogP contribution in [0.3, 0.4) is 0 Å². The first kappa shape index (κ1) is 19.0. The lowest BCUT2D eigenvalue weighted by atomic mass is 9.45. The van der Waals surface area contributed by atoms with Gasteiger partial charge in [-0.1, -0.05) is 45.3 Å². The van der Waals surface area contributed by atoms with Crippen molar-refractivity contribution >= 4 is 0 Å². The van der Waals surface area contributed by atoms with Gasteiger partial charge in [0.05, 0.1) is 0 Å². The Kier molecular flexibility index (Phi) is 5.32. The third-order valence-corrected chi connectivity index (χ3v) is 9.75. The molecule has 1 heteroatoms. The van der Waals surface area contributed by atoms with Crippen molar-refractivity contribution in [1.82, 2.24) is 0 Å². The zero-order valence-corrected chi connectivity index (χ0v) is 17.7. The number of unbranched alkanes of at least 4 members (excludes halogenated alkanes) is 3. The minimum Gasteiger partial charge on any atom is -0.328 e. The second-order valence-corrected chi connectivity index (χ2v) is 10.9. The Morgan fingerprint density at radius 2 is 1.85 bits per heavy atom. The zero-order valence-electron chi connectivity index (χ0n) is 17.7. The summed E-state index contributed by atoms with van der Waals surface area (Å²) in [6.45, 7) is 7.63. The highest BCUT2D eigenvalue weighted by atomic mass is 14.7. The van der Waals surface area contributed by atoms with Gasteiger partial charge in [0, 0.05) is 6.04 Å². The van der Waals surface area contributed by atoms with Crippen LogP contribution in [0.5, 0.6) is 0 Å². The Bertz CT molecular complexity index is 536. The maximum Gasteiger partial charge on any atom is 0.00418 e. The van der Waals surface area contributed by atoms with Crippen LogP contribution in [0.15, 0.2) is 11.6 Å². The fourth-order valence-corrected chi connectivity index (χ4v) is 8.15. The van der Waals surface area contributed by atoms with Crippen molar-refractivity contribution in [2.45, 2.75) is 110 Å². The molecule has 4 aliphatic carbocycles. The van der Waals surface area contributed by atoms with E-state index in [9.17, 15) is 0 Å². The average Bonchev–Trinajstić information content (AvgIpc) is 2.96. The van der Waals surface area contributed by atoms with Crippen molar-refractivity contribution < 1.29 is 0 Å². The van der Waals surface area contributed by atoms with Gasteiger partial charge in [0.25, 0.3) is 0 Å². The topological polar surface area (TPSA) is 26.0 Å². The van der Waals surface area contributed by atoms with Crippen molar-refractivity contribution in [3.05, 3.63) is 11.6 Å². The summed E-state index contributed by atoms with van der Waals surface area (Å²) in [5.74, 6) is 3.89. The second kappa shape index (κ2) is 7.26. The van der Waals surface area contributed by atoms with Gasteiger partial charge in [0.15, 0.2) is 0 Å². The normalized spacial score (nSPS) is 49.5. The minimum atomic E-state index is 0.489. The van der Waals surface area contributed by atoms with Crippen LogP contribution in [0.1, 0.15) is 104 Å². The van der Waals surface area contributed by atoms with Gasteiger partial charge in [0.1, 0.15) is 0 Å². The fraction of sp³-hybridized carbons (Fsp3) is 0.920. The molecule has 0 bridgehead atoms. The summed E-state index contributed by atoms with van der Waals surface area (Å²) in [5, 5.41) is 0. The van der Waals surface area contributed by atoms with Gasteiger partial charge in [-0.25, -0.2) is 0 Å². The summed E-state index contributed by atoms with van der Waals surface area (Å²) in [6.07, 6.45) is 21.0. The Hall–Kier alpha value is -0.300. The molecule has 0 aliphatic heterocycles. The number of fused-ring (bicyclic) bond motifs is 5. The summed E-state index contributed by atoms with van der Waals surface area (Å²) >= 11 is 0. The van der Waals surface area contributed by atoms with Crippen molar-refractivity contribution in [2.24, 2.45) is 40.2 Å². The van der Waals surface area contributed by atoms with Crippen LogP contribution in [0.25, 0.3) is 0 Å². The van der Waals surface area contributed by atoms with Crippen molar-refractivity contribution in [3.8, 4) is 0 Å². The fourth-order valence-electron chi connectivity index (χ4n) is 8.15. The van der Waals surface area contributed by atoms with Crippen LogP contribution in [0.4, 0.5) is 0 Å². The third kappa shape index (κ3) is 3.01. The molecule has 4 aliphatic rings. The number of hydrogen-bond donors (Lipinski definition) is 1. The molecule has 7 atom stereocenters. The van der Waals surface area contributed by atoms with E-state index in [1.165, 1.54) is 83.5 Å². The van der Waals surface area contributed by atoms with E-state index in [1.54, 1.807) is 0 Å². The predicted octanol–water partition coefficient (Wildman–Crippen LogP) is 6.86. The molecule has 0 aromatic rings. The van der Waals surface area contributed by atoms with Crippen molar-refractivity contribution in [2.75, 3.05) is 0 Å². The highest BCUT2D eigenvalue weighted by Crippen LogP contribution is 2.67. The van der Waals surface area contributed by atoms with Gasteiger partial charge < -0.3 is 5.73 Å². The van der Waals surface area contributed by atoms with E-state index in [0.29, 0.717) is 16.9 Å².